The first-order chi connectivity index (χ1) is 8.56. The largest absolute Gasteiger partial charge is 0.496 e. The van der Waals surface area contributed by atoms with Gasteiger partial charge in [0, 0.05) is 12.0 Å². The lowest BCUT2D eigenvalue weighted by atomic mass is 10.0. The Kier molecular flexibility index (Phi) is 3.85. The highest BCUT2D eigenvalue weighted by Crippen LogP contribution is 2.38. The number of aliphatic hydroxyl groups excluding tert-OH is 2. The van der Waals surface area contributed by atoms with Gasteiger partial charge in [0.15, 0.2) is 0 Å². The molecule has 2 rings (SSSR count). The van der Waals surface area contributed by atoms with Gasteiger partial charge in [-0.25, -0.2) is 4.39 Å². The monoisotopic (exact) mass is 256 g/mol. The predicted octanol–water partition coefficient (Wildman–Crippen LogP) is 1.33. The fourth-order valence-corrected chi connectivity index (χ4v) is 2.19. The summed E-state index contributed by atoms with van der Waals surface area (Å²) in [6.07, 6.45) is -1.50. The lowest BCUT2D eigenvalue weighted by Gasteiger charge is -2.16. The molecule has 1 aliphatic rings. The Labute approximate surface area is 105 Å². The summed E-state index contributed by atoms with van der Waals surface area (Å²) in [4.78, 5) is 0. The molecule has 1 heterocycles. The topological polar surface area (TPSA) is 58.9 Å². The summed E-state index contributed by atoms with van der Waals surface area (Å²) in [6, 6.07) is 2.97. The van der Waals surface area contributed by atoms with Gasteiger partial charge in [0.25, 0.3) is 0 Å². The summed E-state index contributed by atoms with van der Waals surface area (Å²) in [5.74, 6) is 0.195. The highest BCUT2D eigenvalue weighted by molar-refractivity contribution is 5.40. The molecule has 1 aromatic rings. The van der Waals surface area contributed by atoms with E-state index in [4.69, 9.17) is 14.6 Å². The number of rotatable bonds is 3. The van der Waals surface area contributed by atoms with Crippen LogP contribution in [0.4, 0.5) is 4.39 Å². The second-order valence-corrected chi connectivity index (χ2v) is 4.49. The molecular formula is C13H17FO4. The Bertz CT molecular complexity index is 435. The van der Waals surface area contributed by atoms with Crippen LogP contribution in [-0.4, -0.2) is 36.1 Å². The van der Waals surface area contributed by atoms with E-state index in [1.807, 2.05) is 0 Å². The molecule has 0 saturated carbocycles. The molecule has 0 bridgehead atoms. The van der Waals surface area contributed by atoms with Gasteiger partial charge in [-0.2, -0.15) is 0 Å². The summed E-state index contributed by atoms with van der Waals surface area (Å²) >= 11 is 0. The Morgan fingerprint density at radius 2 is 2.22 bits per heavy atom. The van der Waals surface area contributed by atoms with Crippen molar-refractivity contribution in [3.05, 3.63) is 29.1 Å². The summed E-state index contributed by atoms with van der Waals surface area (Å²) in [5, 5.41) is 18.7. The van der Waals surface area contributed by atoms with Gasteiger partial charge in [0.05, 0.1) is 25.9 Å². The molecule has 2 unspecified atom stereocenters. The SMILES string of the molecule is COc1cc(C)c(F)cc1C1CC(O)[C@@H](CO)O1. The van der Waals surface area contributed by atoms with Crippen molar-refractivity contribution < 1.29 is 24.1 Å². The van der Waals surface area contributed by atoms with Crippen molar-refractivity contribution in [1.82, 2.24) is 0 Å². The van der Waals surface area contributed by atoms with Crippen LogP contribution < -0.4 is 4.74 Å². The molecule has 18 heavy (non-hydrogen) atoms. The molecule has 1 aromatic carbocycles. The fraction of sp³-hybridized carbons (Fsp3) is 0.538. The van der Waals surface area contributed by atoms with Crippen molar-refractivity contribution >= 4 is 0 Å². The molecule has 0 aliphatic carbocycles. The fourth-order valence-electron chi connectivity index (χ4n) is 2.19. The van der Waals surface area contributed by atoms with Crippen LogP contribution in [0, 0.1) is 12.7 Å². The zero-order valence-electron chi connectivity index (χ0n) is 10.4. The maximum Gasteiger partial charge on any atom is 0.126 e. The summed E-state index contributed by atoms with van der Waals surface area (Å²) < 4.78 is 24.3. The van der Waals surface area contributed by atoms with Crippen LogP contribution in [0.1, 0.15) is 23.7 Å². The van der Waals surface area contributed by atoms with Crippen LogP contribution in [0.15, 0.2) is 12.1 Å². The molecule has 0 radical (unpaired) electrons. The normalized spacial score (nSPS) is 27.5. The van der Waals surface area contributed by atoms with Gasteiger partial charge in [-0.15, -0.1) is 0 Å². The molecule has 2 N–H and O–H groups in total. The van der Waals surface area contributed by atoms with Crippen LogP contribution >= 0.6 is 0 Å². The first-order valence-electron chi connectivity index (χ1n) is 5.85. The van der Waals surface area contributed by atoms with E-state index in [9.17, 15) is 9.50 Å². The van der Waals surface area contributed by atoms with Gasteiger partial charge in [0.1, 0.15) is 17.7 Å². The Morgan fingerprint density at radius 3 is 2.78 bits per heavy atom. The van der Waals surface area contributed by atoms with Crippen LogP contribution in [0.5, 0.6) is 5.75 Å². The second kappa shape index (κ2) is 5.22. The number of halogens is 1. The summed E-state index contributed by atoms with van der Waals surface area (Å²) in [5.41, 5.74) is 1.06. The third kappa shape index (κ3) is 2.34. The van der Waals surface area contributed by atoms with Crippen molar-refractivity contribution in [2.75, 3.05) is 13.7 Å². The van der Waals surface area contributed by atoms with E-state index in [1.165, 1.54) is 13.2 Å². The van der Waals surface area contributed by atoms with E-state index in [0.717, 1.165) is 0 Å². The number of methoxy groups -OCH3 is 1. The van der Waals surface area contributed by atoms with Crippen molar-refractivity contribution in [2.24, 2.45) is 0 Å². The number of aryl methyl sites for hydroxylation is 1. The van der Waals surface area contributed by atoms with Gasteiger partial charge in [0.2, 0.25) is 0 Å². The van der Waals surface area contributed by atoms with Crippen molar-refractivity contribution in [2.45, 2.75) is 31.7 Å². The third-order valence-electron chi connectivity index (χ3n) is 3.26. The van der Waals surface area contributed by atoms with Crippen molar-refractivity contribution in [1.29, 1.82) is 0 Å². The quantitative estimate of drug-likeness (QED) is 0.856. The highest BCUT2D eigenvalue weighted by Gasteiger charge is 2.35. The Balaban J connectivity index is 2.31. The van der Waals surface area contributed by atoms with Crippen molar-refractivity contribution in [3.63, 3.8) is 0 Å². The van der Waals surface area contributed by atoms with E-state index in [-0.39, 0.29) is 12.4 Å². The van der Waals surface area contributed by atoms with E-state index in [1.54, 1.807) is 13.0 Å². The molecule has 0 amide bonds. The van der Waals surface area contributed by atoms with Gasteiger partial charge in [-0.1, -0.05) is 0 Å². The maximum atomic E-state index is 13.6. The molecule has 5 heteroatoms. The zero-order chi connectivity index (χ0) is 13.3. The molecule has 0 aromatic heterocycles. The van der Waals surface area contributed by atoms with Gasteiger partial charge in [-0.05, 0) is 24.6 Å². The zero-order valence-corrected chi connectivity index (χ0v) is 10.4. The molecule has 3 atom stereocenters. The van der Waals surface area contributed by atoms with Crippen LogP contribution in [0.25, 0.3) is 0 Å². The molecule has 100 valence electrons. The highest BCUT2D eigenvalue weighted by atomic mass is 19.1. The first-order valence-corrected chi connectivity index (χ1v) is 5.85. The minimum absolute atomic E-state index is 0.256. The second-order valence-electron chi connectivity index (χ2n) is 4.49. The lowest BCUT2D eigenvalue weighted by Crippen LogP contribution is -2.24. The average molecular weight is 256 g/mol. The molecule has 1 saturated heterocycles. The molecule has 1 aliphatic heterocycles. The minimum atomic E-state index is -0.742. The molecule has 4 nitrogen and oxygen atoms in total. The number of benzene rings is 1. The smallest absolute Gasteiger partial charge is 0.126 e. The molecular weight excluding hydrogens is 239 g/mol. The Hall–Kier alpha value is -1.17. The number of ether oxygens (including phenoxy) is 2. The van der Waals surface area contributed by atoms with Gasteiger partial charge < -0.3 is 19.7 Å². The summed E-state index contributed by atoms with van der Waals surface area (Å²) in [7, 11) is 1.51. The van der Waals surface area contributed by atoms with Crippen LogP contribution in [0.3, 0.4) is 0 Å². The van der Waals surface area contributed by atoms with E-state index in [0.29, 0.717) is 23.3 Å². The van der Waals surface area contributed by atoms with Crippen LogP contribution in [-0.2, 0) is 4.74 Å². The minimum Gasteiger partial charge on any atom is -0.496 e. The van der Waals surface area contributed by atoms with Gasteiger partial charge >= 0.3 is 0 Å². The number of aliphatic hydroxyl groups is 2. The Morgan fingerprint density at radius 1 is 1.50 bits per heavy atom. The van der Waals surface area contributed by atoms with E-state index < -0.39 is 18.3 Å². The average Bonchev–Trinajstić information content (AvgIpc) is 2.73. The predicted molar refractivity (Wildman–Crippen MR) is 63.0 cm³/mol. The van der Waals surface area contributed by atoms with E-state index >= 15 is 0 Å². The molecule has 0 spiro atoms. The van der Waals surface area contributed by atoms with E-state index in [2.05, 4.69) is 0 Å². The van der Waals surface area contributed by atoms with Crippen LogP contribution in [0.2, 0.25) is 0 Å². The van der Waals surface area contributed by atoms with Gasteiger partial charge in [-0.3, -0.25) is 0 Å². The first kappa shape index (κ1) is 13.3. The molecule has 1 fully saturated rings. The number of hydrogen-bond acceptors (Lipinski definition) is 4. The lowest BCUT2D eigenvalue weighted by molar-refractivity contribution is -0.0231. The standard InChI is InChI=1S/C13H17FO4/c1-7-3-11(17-2)8(4-9(7)14)12-5-10(16)13(6-15)18-12/h3-4,10,12-13,15-16H,5-6H2,1-2H3/t10?,12?,13-/m1/s1. The maximum absolute atomic E-state index is 13.6. The van der Waals surface area contributed by atoms with Crippen molar-refractivity contribution in [3.8, 4) is 5.75 Å². The third-order valence-corrected chi connectivity index (χ3v) is 3.26. The number of hydrogen-bond donors (Lipinski definition) is 2. The summed E-state index contributed by atoms with van der Waals surface area (Å²) in [6.45, 7) is 1.40.